The molecule has 0 heterocycles. The summed E-state index contributed by atoms with van der Waals surface area (Å²) >= 11 is 0. The molecule has 1 atom stereocenters. The van der Waals surface area contributed by atoms with E-state index < -0.39 is 0 Å². The van der Waals surface area contributed by atoms with E-state index in [-0.39, 0.29) is 43.3 Å². The van der Waals surface area contributed by atoms with Crippen molar-refractivity contribution >= 4 is 0 Å². The van der Waals surface area contributed by atoms with Crippen molar-refractivity contribution in [2.24, 2.45) is 0 Å². The first-order valence-electron chi connectivity index (χ1n) is 18.8. The summed E-state index contributed by atoms with van der Waals surface area (Å²) in [6.45, 7) is 61.2. The highest BCUT2D eigenvalue weighted by atomic mass is 14.5. The topological polar surface area (TPSA) is 0 Å². The van der Waals surface area contributed by atoms with Crippen molar-refractivity contribution < 1.29 is 0 Å². The van der Waals surface area contributed by atoms with Gasteiger partial charge in [-0.25, -0.2) is 0 Å². The molecule has 0 fully saturated rings. The average Bonchev–Trinajstić information content (AvgIpc) is 2.76. The maximum atomic E-state index is 2.55. The predicted molar refractivity (Wildman–Crippen MR) is 215 cm³/mol. The molecule has 0 saturated heterocycles. The minimum absolute atomic E-state index is 0.000439. The van der Waals surface area contributed by atoms with Crippen molar-refractivity contribution in [2.75, 3.05) is 0 Å². The Morgan fingerprint density at radius 1 is 0.340 bits per heavy atom. The SMILES string of the molecule is CC(Cc1ccc(C(C)(C)C)c(C(C)(C)C)c1C(C)(C)C)c1c(C(C)(C)C)c(C(C)(C)C)c(C(C)(C)C)c(C(C)(C)C)c1C(C)(C)C. The Hall–Kier alpha value is -1.56. The predicted octanol–water partition coefficient (Wildman–Crippen LogP) is 14.4. The van der Waals surface area contributed by atoms with E-state index in [2.05, 4.69) is 185 Å². The van der Waals surface area contributed by atoms with E-state index >= 15 is 0 Å². The zero-order valence-corrected chi connectivity index (χ0v) is 36.4. The Kier molecular flexibility index (Phi) is 10.9. The molecule has 2 aromatic carbocycles. The number of hydrogen-bond acceptors (Lipinski definition) is 0. The molecular weight excluding hydrogens is 565 g/mol. The Bertz CT molecular complexity index is 1380. The maximum Gasteiger partial charge on any atom is -0.0126 e. The minimum Gasteiger partial charge on any atom is -0.0584 e. The lowest BCUT2D eigenvalue weighted by atomic mass is 9.57. The first kappa shape index (κ1) is 41.6. The Labute approximate surface area is 295 Å². The maximum absolute atomic E-state index is 2.55. The highest BCUT2D eigenvalue weighted by molar-refractivity contribution is 5.64. The molecule has 0 aliphatic rings. The van der Waals surface area contributed by atoms with Crippen molar-refractivity contribution in [1.82, 2.24) is 0 Å². The van der Waals surface area contributed by atoms with E-state index in [1.807, 2.05) is 0 Å². The molecule has 0 bridgehead atoms. The molecule has 2 aromatic rings. The van der Waals surface area contributed by atoms with Crippen LogP contribution in [0.3, 0.4) is 0 Å². The van der Waals surface area contributed by atoms with Gasteiger partial charge in [0.1, 0.15) is 0 Å². The van der Waals surface area contributed by atoms with Crippen LogP contribution in [0.5, 0.6) is 0 Å². The molecule has 0 aromatic heterocycles. The number of hydrogen-bond donors (Lipinski definition) is 0. The minimum atomic E-state index is -0.0118. The molecular formula is C47H80. The quantitative estimate of drug-likeness (QED) is 0.312. The first-order valence-corrected chi connectivity index (χ1v) is 18.8. The van der Waals surface area contributed by atoms with Crippen LogP contribution in [0.4, 0.5) is 0 Å². The lowest BCUT2D eigenvalue weighted by molar-refractivity contribution is 0.448. The van der Waals surface area contributed by atoms with Gasteiger partial charge in [-0.05, 0) is 111 Å². The molecule has 0 saturated carbocycles. The monoisotopic (exact) mass is 645 g/mol. The third kappa shape index (κ3) is 8.79. The Morgan fingerprint density at radius 3 is 0.872 bits per heavy atom. The van der Waals surface area contributed by atoms with Crippen LogP contribution in [0.15, 0.2) is 12.1 Å². The largest absolute Gasteiger partial charge is 0.0584 e. The average molecular weight is 645 g/mol. The molecule has 0 aliphatic carbocycles. The van der Waals surface area contributed by atoms with Gasteiger partial charge in [-0.1, -0.05) is 185 Å². The molecule has 0 N–H and O–H groups in total. The fourth-order valence-electron chi connectivity index (χ4n) is 8.58. The van der Waals surface area contributed by atoms with Crippen molar-refractivity contribution in [3.05, 3.63) is 67.8 Å². The van der Waals surface area contributed by atoms with E-state index in [0.29, 0.717) is 5.92 Å². The lowest BCUT2D eigenvalue weighted by Crippen LogP contribution is -2.38. The fraction of sp³-hybridized carbons (Fsp3) is 0.745. The van der Waals surface area contributed by atoms with Gasteiger partial charge in [0.15, 0.2) is 0 Å². The zero-order valence-electron chi connectivity index (χ0n) is 36.4. The molecule has 0 heteroatoms. The summed E-state index contributed by atoms with van der Waals surface area (Å²) in [4.78, 5) is 0. The molecule has 268 valence electrons. The zero-order chi connectivity index (χ0) is 37.5. The van der Waals surface area contributed by atoms with Crippen molar-refractivity contribution in [3.63, 3.8) is 0 Å². The summed E-state index contributed by atoms with van der Waals surface area (Å²) in [5.74, 6) is 0.351. The normalized spacial score (nSPS) is 15.3. The van der Waals surface area contributed by atoms with Gasteiger partial charge in [0.2, 0.25) is 0 Å². The molecule has 0 spiro atoms. The van der Waals surface area contributed by atoms with Crippen LogP contribution in [-0.4, -0.2) is 0 Å². The Balaban J connectivity index is 3.39. The van der Waals surface area contributed by atoms with Crippen molar-refractivity contribution in [1.29, 1.82) is 0 Å². The highest BCUT2D eigenvalue weighted by Crippen LogP contribution is 2.54. The van der Waals surface area contributed by atoms with E-state index in [9.17, 15) is 0 Å². The second-order valence-corrected chi connectivity index (χ2v) is 23.4. The molecule has 2 rings (SSSR count). The summed E-state index contributed by atoms with van der Waals surface area (Å²) in [5.41, 5.74) is 15.9. The Morgan fingerprint density at radius 2 is 0.617 bits per heavy atom. The third-order valence-corrected chi connectivity index (χ3v) is 9.91. The van der Waals surface area contributed by atoms with Crippen molar-refractivity contribution in [2.45, 2.75) is 229 Å². The van der Waals surface area contributed by atoms with E-state index in [4.69, 9.17) is 0 Å². The molecule has 47 heavy (non-hydrogen) atoms. The third-order valence-electron chi connectivity index (χ3n) is 9.91. The van der Waals surface area contributed by atoms with Gasteiger partial charge < -0.3 is 0 Å². The molecule has 1 unspecified atom stereocenters. The van der Waals surface area contributed by atoms with E-state index in [1.165, 1.54) is 11.1 Å². The van der Waals surface area contributed by atoms with Gasteiger partial charge >= 0.3 is 0 Å². The lowest BCUT2D eigenvalue weighted by Gasteiger charge is -2.47. The van der Waals surface area contributed by atoms with Gasteiger partial charge in [-0.2, -0.15) is 0 Å². The highest BCUT2D eigenvalue weighted by Gasteiger charge is 2.44. The van der Waals surface area contributed by atoms with Crippen LogP contribution < -0.4 is 0 Å². The standard InChI is InChI=1S/C47H80/c1-29(28-30-26-27-31(40(2,3)4)34(42(8,9)10)33(30)41(5,6)7)32-35(43(11,12)13)37(45(17,18)19)39(47(23,24)25)38(46(20,21)22)36(32)44(14,15)16/h26-27,29H,28H2,1-25H3. The van der Waals surface area contributed by atoms with Crippen molar-refractivity contribution in [3.8, 4) is 0 Å². The van der Waals surface area contributed by atoms with Gasteiger partial charge in [-0.3, -0.25) is 0 Å². The summed E-state index contributed by atoms with van der Waals surface area (Å²) in [5, 5.41) is 0. The van der Waals surface area contributed by atoms with Crippen LogP contribution in [-0.2, 0) is 49.7 Å². The second-order valence-electron chi connectivity index (χ2n) is 23.4. The van der Waals surface area contributed by atoms with Crippen LogP contribution >= 0.6 is 0 Å². The van der Waals surface area contributed by atoms with Crippen LogP contribution in [0.25, 0.3) is 0 Å². The smallest absolute Gasteiger partial charge is 0.0126 e. The van der Waals surface area contributed by atoms with E-state index in [1.54, 1.807) is 44.5 Å². The van der Waals surface area contributed by atoms with Gasteiger partial charge in [0.05, 0.1) is 0 Å². The van der Waals surface area contributed by atoms with Crippen LogP contribution in [0.2, 0.25) is 0 Å². The summed E-state index contributed by atoms with van der Waals surface area (Å²) in [6.07, 6.45) is 1.04. The van der Waals surface area contributed by atoms with Crippen LogP contribution in [0.1, 0.15) is 235 Å². The molecule has 0 amide bonds. The molecule has 0 nitrogen and oxygen atoms in total. The second kappa shape index (κ2) is 12.3. The first-order chi connectivity index (χ1) is 20.4. The molecule has 0 aliphatic heterocycles. The summed E-state index contributed by atoms with van der Waals surface area (Å²) < 4.78 is 0. The van der Waals surface area contributed by atoms with Crippen LogP contribution in [0, 0.1) is 0 Å². The van der Waals surface area contributed by atoms with E-state index in [0.717, 1.165) is 6.42 Å². The fourth-order valence-corrected chi connectivity index (χ4v) is 8.58. The number of rotatable bonds is 3. The molecule has 0 radical (unpaired) electrons. The van der Waals surface area contributed by atoms with Gasteiger partial charge in [0, 0.05) is 0 Å². The summed E-state index contributed by atoms with van der Waals surface area (Å²) in [6, 6.07) is 5.00. The summed E-state index contributed by atoms with van der Waals surface area (Å²) in [7, 11) is 0. The van der Waals surface area contributed by atoms with Gasteiger partial charge in [-0.15, -0.1) is 0 Å². The number of benzene rings is 2. The van der Waals surface area contributed by atoms with Gasteiger partial charge in [0.25, 0.3) is 0 Å².